The summed E-state index contributed by atoms with van der Waals surface area (Å²) in [6, 6.07) is 12.1. The highest BCUT2D eigenvalue weighted by molar-refractivity contribution is 8.00. The van der Waals surface area contributed by atoms with Crippen LogP contribution in [0.1, 0.15) is 25.3 Å². The second kappa shape index (κ2) is 10.9. The molecule has 2 atom stereocenters. The molecule has 2 aromatic carbocycles. The fourth-order valence-electron chi connectivity index (χ4n) is 3.21. The molecule has 7 nitrogen and oxygen atoms in total. The van der Waals surface area contributed by atoms with Gasteiger partial charge in [-0.2, -0.15) is 0 Å². The van der Waals surface area contributed by atoms with Crippen molar-refractivity contribution >= 4 is 39.1 Å². The van der Waals surface area contributed by atoms with Crippen molar-refractivity contribution in [3.8, 4) is 0 Å². The third kappa shape index (κ3) is 6.30. The van der Waals surface area contributed by atoms with E-state index < -0.39 is 32.3 Å². The molecule has 3 rings (SSSR count). The monoisotopic (exact) mass is 479 g/mol. The fourth-order valence-corrected chi connectivity index (χ4v) is 5.52. The number of aryl methyl sites for hydroxylation is 1. The summed E-state index contributed by atoms with van der Waals surface area (Å²) in [5.41, 5.74) is 0.932. The maximum absolute atomic E-state index is 12.9. The lowest BCUT2D eigenvalue weighted by molar-refractivity contribution is -0.122. The topological polar surface area (TPSA) is 104 Å². The van der Waals surface area contributed by atoms with Gasteiger partial charge >= 0.3 is 0 Å². The van der Waals surface area contributed by atoms with Gasteiger partial charge in [0.05, 0.1) is 10.6 Å². The van der Waals surface area contributed by atoms with Crippen molar-refractivity contribution in [3.05, 3.63) is 59.9 Å². The van der Waals surface area contributed by atoms with E-state index in [9.17, 15) is 22.4 Å². The van der Waals surface area contributed by atoms with Crippen LogP contribution < -0.4 is 16.0 Å². The molecule has 2 amide bonds. The van der Waals surface area contributed by atoms with Crippen LogP contribution in [0.4, 0.5) is 10.1 Å². The Morgan fingerprint density at radius 3 is 2.47 bits per heavy atom. The minimum atomic E-state index is -3.84. The molecule has 1 aliphatic rings. The lowest BCUT2D eigenvalue weighted by Crippen LogP contribution is -2.59. The summed E-state index contributed by atoms with van der Waals surface area (Å²) in [5, 5.41) is 6.96. The number of benzene rings is 2. The Hall–Kier alpha value is -2.43. The molecule has 1 heterocycles. The normalized spacial score (nSPS) is 18.8. The zero-order valence-electron chi connectivity index (χ0n) is 17.6. The first-order valence-electron chi connectivity index (χ1n) is 10.3. The average Bonchev–Trinajstić information content (AvgIpc) is 2.78. The summed E-state index contributed by atoms with van der Waals surface area (Å²) in [5.74, 6) is -1.30. The predicted molar refractivity (Wildman–Crippen MR) is 123 cm³/mol. The van der Waals surface area contributed by atoms with Gasteiger partial charge in [0.25, 0.3) is 0 Å². The zero-order chi connectivity index (χ0) is 23.1. The third-order valence-corrected chi connectivity index (χ3v) is 8.11. The highest BCUT2D eigenvalue weighted by Gasteiger charge is 2.38. The first-order chi connectivity index (χ1) is 15.3. The molecule has 0 saturated carbocycles. The number of hydrogen-bond acceptors (Lipinski definition) is 6. The fraction of sp³-hybridized carbons (Fsp3) is 0.364. The molecule has 0 bridgehead atoms. The standard InChI is InChI=1S/C22H26FN3O4S2/c1-2-3-4-15-5-11-18(12-6-15)32(29,30)19-13-24-22(26-21(19)28)31-14-20(27)25-17-9-7-16(23)8-10-17/h5-12,19,22,24H,2-4,13-14H2,1H3,(H,25,27)(H,26,28). The summed E-state index contributed by atoms with van der Waals surface area (Å²) in [4.78, 5) is 24.7. The molecule has 3 N–H and O–H groups in total. The van der Waals surface area contributed by atoms with Crippen molar-refractivity contribution < 1.29 is 22.4 Å². The first-order valence-corrected chi connectivity index (χ1v) is 12.9. The lowest BCUT2D eigenvalue weighted by atomic mass is 10.1. The molecule has 1 saturated heterocycles. The van der Waals surface area contributed by atoms with Gasteiger partial charge in [0.2, 0.25) is 11.8 Å². The number of rotatable bonds is 9. The Bertz CT molecular complexity index is 1040. The predicted octanol–water partition coefficient (Wildman–Crippen LogP) is 2.69. The number of halogens is 1. The molecule has 1 fully saturated rings. The maximum atomic E-state index is 12.9. The molecule has 2 aromatic rings. The Morgan fingerprint density at radius 2 is 1.84 bits per heavy atom. The van der Waals surface area contributed by atoms with Crippen molar-refractivity contribution in [1.29, 1.82) is 0 Å². The van der Waals surface area contributed by atoms with Crippen LogP contribution in [0.3, 0.4) is 0 Å². The molecule has 32 heavy (non-hydrogen) atoms. The number of thioether (sulfide) groups is 1. The van der Waals surface area contributed by atoms with Crippen molar-refractivity contribution in [2.75, 3.05) is 17.6 Å². The van der Waals surface area contributed by atoms with Crippen LogP contribution in [0.2, 0.25) is 0 Å². The summed E-state index contributed by atoms with van der Waals surface area (Å²) in [6.07, 6.45) is 2.97. The quantitative estimate of drug-likeness (QED) is 0.511. The van der Waals surface area contributed by atoms with Crippen LogP contribution in [0.5, 0.6) is 0 Å². The summed E-state index contributed by atoms with van der Waals surface area (Å²) in [7, 11) is -3.84. The van der Waals surface area contributed by atoms with Gasteiger partial charge in [-0.15, -0.1) is 11.8 Å². The molecule has 0 aliphatic carbocycles. The number of hydrogen-bond donors (Lipinski definition) is 3. The molecule has 10 heteroatoms. The van der Waals surface area contributed by atoms with E-state index in [1.807, 2.05) is 0 Å². The van der Waals surface area contributed by atoms with Crippen LogP contribution in [-0.2, 0) is 25.8 Å². The SMILES string of the molecule is CCCCc1ccc(S(=O)(=O)C2CNC(SCC(=O)Nc3ccc(F)cc3)NC2=O)cc1. The summed E-state index contributed by atoms with van der Waals surface area (Å²) >= 11 is 1.13. The highest BCUT2D eigenvalue weighted by atomic mass is 32.2. The van der Waals surface area contributed by atoms with E-state index in [1.165, 1.54) is 24.3 Å². The van der Waals surface area contributed by atoms with Crippen LogP contribution >= 0.6 is 11.8 Å². The largest absolute Gasteiger partial charge is 0.331 e. The molecule has 0 aromatic heterocycles. The van der Waals surface area contributed by atoms with E-state index in [-0.39, 0.29) is 23.1 Å². The van der Waals surface area contributed by atoms with E-state index in [1.54, 1.807) is 24.3 Å². The average molecular weight is 480 g/mol. The van der Waals surface area contributed by atoms with Gasteiger partial charge in [0.15, 0.2) is 15.1 Å². The molecule has 0 spiro atoms. The number of amides is 2. The number of nitrogens with one attached hydrogen (secondary N) is 3. The van der Waals surface area contributed by atoms with Crippen molar-refractivity contribution in [2.45, 2.75) is 41.8 Å². The van der Waals surface area contributed by atoms with Crippen LogP contribution in [0, 0.1) is 5.82 Å². The summed E-state index contributed by atoms with van der Waals surface area (Å²) < 4.78 is 38.8. The Kier molecular flexibility index (Phi) is 8.27. The Morgan fingerprint density at radius 1 is 1.16 bits per heavy atom. The number of carbonyl (C=O) groups is 2. The Labute approximate surface area is 191 Å². The van der Waals surface area contributed by atoms with Crippen molar-refractivity contribution in [3.63, 3.8) is 0 Å². The van der Waals surface area contributed by atoms with Gasteiger partial charge in [0, 0.05) is 12.2 Å². The van der Waals surface area contributed by atoms with E-state index in [4.69, 9.17) is 0 Å². The minimum absolute atomic E-state index is 0.0198. The van der Waals surface area contributed by atoms with Gasteiger partial charge in [-0.05, 0) is 54.8 Å². The van der Waals surface area contributed by atoms with E-state index >= 15 is 0 Å². The molecular formula is C22H26FN3O4S2. The zero-order valence-corrected chi connectivity index (χ0v) is 19.3. The summed E-state index contributed by atoms with van der Waals surface area (Å²) in [6.45, 7) is 2.04. The molecule has 1 aliphatic heterocycles. The van der Waals surface area contributed by atoms with Gasteiger partial charge in [-0.25, -0.2) is 12.8 Å². The molecule has 2 unspecified atom stereocenters. The van der Waals surface area contributed by atoms with E-state index in [2.05, 4.69) is 22.9 Å². The van der Waals surface area contributed by atoms with E-state index in [0.717, 1.165) is 36.6 Å². The van der Waals surface area contributed by atoms with Crippen molar-refractivity contribution in [2.24, 2.45) is 0 Å². The van der Waals surface area contributed by atoms with Crippen LogP contribution in [-0.4, -0.2) is 43.3 Å². The van der Waals surface area contributed by atoms with Gasteiger partial charge < -0.3 is 10.6 Å². The van der Waals surface area contributed by atoms with Gasteiger partial charge in [-0.1, -0.05) is 25.5 Å². The molecule has 172 valence electrons. The number of anilines is 1. The third-order valence-electron chi connectivity index (χ3n) is 5.01. The lowest BCUT2D eigenvalue weighted by Gasteiger charge is -2.29. The van der Waals surface area contributed by atoms with Gasteiger partial charge in [-0.3, -0.25) is 14.9 Å². The Balaban J connectivity index is 1.52. The van der Waals surface area contributed by atoms with Gasteiger partial charge in [0.1, 0.15) is 11.3 Å². The smallest absolute Gasteiger partial charge is 0.241 e. The van der Waals surface area contributed by atoms with Crippen LogP contribution in [0.25, 0.3) is 0 Å². The second-order valence-electron chi connectivity index (χ2n) is 7.44. The number of unbranched alkanes of at least 4 members (excludes halogenated alkanes) is 1. The first kappa shape index (κ1) is 24.2. The molecule has 0 radical (unpaired) electrons. The molecular weight excluding hydrogens is 453 g/mol. The van der Waals surface area contributed by atoms with Crippen LogP contribution in [0.15, 0.2) is 53.4 Å². The minimum Gasteiger partial charge on any atom is -0.331 e. The van der Waals surface area contributed by atoms with Crippen molar-refractivity contribution in [1.82, 2.24) is 10.6 Å². The maximum Gasteiger partial charge on any atom is 0.241 e. The second-order valence-corrected chi connectivity index (χ2v) is 10.7. The number of sulfone groups is 1. The highest BCUT2D eigenvalue weighted by Crippen LogP contribution is 2.21. The number of carbonyl (C=O) groups excluding carboxylic acids is 2. The van der Waals surface area contributed by atoms with E-state index in [0.29, 0.717) is 5.69 Å².